The quantitative estimate of drug-likeness (QED) is 0.137. The second-order valence-electron chi connectivity index (χ2n) is 9.59. The molecule has 17 heteroatoms. The molecule has 12 nitrogen and oxygen atoms in total. The first-order valence-electron chi connectivity index (χ1n) is 13.6. The van der Waals surface area contributed by atoms with E-state index in [0.717, 1.165) is 11.3 Å². The molecule has 0 spiro atoms. The van der Waals surface area contributed by atoms with Gasteiger partial charge in [0.15, 0.2) is 0 Å². The number of nitrogens with zero attached hydrogens (tertiary/aromatic N) is 1. The molecule has 0 fully saturated rings. The lowest BCUT2D eigenvalue weighted by Gasteiger charge is -2.23. The number of alkyl carbamates (subject to hydrolysis) is 1. The largest absolute Gasteiger partial charge is 0.490 e. The van der Waals surface area contributed by atoms with Gasteiger partial charge in [-0.15, -0.1) is 0 Å². The van der Waals surface area contributed by atoms with Gasteiger partial charge in [0.25, 0.3) is 0 Å². The van der Waals surface area contributed by atoms with Gasteiger partial charge in [0.1, 0.15) is 18.5 Å². The fourth-order valence-electron chi connectivity index (χ4n) is 3.68. The minimum Gasteiger partial charge on any atom is -0.481 e. The fraction of sp³-hybridized carbons (Fsp3) is 0.300. The number of carboxylic acids is 2. The van der Waals surface area contributed by atoms with Crippen molar-refractivity contribution >= 4 is 53.0 Å². The topological polar surface area (TPSA) is 176 Å². The molecule has 0 aliphatic carbocycles. The Labute approximate surface area is 277 Å². The number of nitrogens with one attached hydrogen (secondary N) is 3. The molecule has 3 aromatic rings. The van der Waals surface area contributed by atoms with Crippen LogP contribution in [-0.2, 0) is 30.5 Å². The smallest absolute Gasteiger partial charge is 0.481 e. The van der Waals surface area contributed by atoms with Crippen LogP contribution in [0.1, 0.15) is 29.3 Å². The molecule has 0 aliphatic rings. The van der Waals surface area contributed by atoms with Crippen LogP contribution in [0.25, 0.3) is 0 Å². The lowest BCUT2D eigenvalue weighted by molar-refractivity contribution is -0.192. The number of benzene rings is 2. The van der Waals surface area contributed by atoms with Gasteiger partial charge in [-0.3, -0.25) is 9.59 Å². The fourth-order valence-corrected chi connectivity index (χ4v) is 4.22. The van der Waals surface area contributed by atoms with E-state index in [9.17, 15) is 32.7 Å². The number of alkyl halides is 3. The number of carboxylic acid groups (broad SMARTS) is 2. The zero-order valence-electron chi connectivity index (χ0n) is 24.7. The summed E-state index contributed by atoms with van der Waals surface area (Å²) in [4.78, 5) is 50.5. The maximum atomic E-state index is 13.3. The molecule has 2 amide bonds. The van der Waals surface area contributed by atoms with E-state index in [2.05, 4.69) is 20.9 Å². The number of carbonyl (C=O) groups is 4. The molecule has 0 aliphatic heterocycles. The summed E-state index contributed by atoms with van der Waals surface area (Å²) in [5.41, 5.74) is 2.11. The molecule has 2 unspecified atom stereocenters. The van der Waals surface area contributed by atoms with E-state index >= 15 is 0 Å². The predicted molar refractivity (Wildman–Crippen MR) is 165 cm³/mol. The molecule has 0 saturated heterocycles. The first kappa shape index (κ1) is 38.6. The number of aromatic nitrogens is 1. The van der Waals surface area contributed by atoms with Gasteiger partial charge < -0.3 is 35.6 Å². The van der Waals surface area contributed by atoms with Crippen LogP contribution in [-0.4, -0.2) is 71.1 Å². The highest BCUT2D eigenvalue weighted by Gasteiger charge is 2.38. The normalized spacial score (nSPS) is 12.0. The van der Waals surface area contributed by atoms with Crippen molar-refractivity contribution in [2.24, 2.45) is 0 Å². The Hall–Kier alpha value is -4.60. The highest BCUT2D eigenvalue weighted by Crippen LogP contribution is 2.25. The minimum atomic E-state index is -5.08. The molecule has 3 rings (SSSR count). The molecule has 1 aromatic heterocycles. The van der Waals surface area contributed by atoms with Crippen molar-refractivity contribution in [3.63, 3.8) is 0 Å². The minimum absolute atomic E-state index is 0.00329. The van der Waals surface area contributed by atoms with Crippen molar-refractivity contribution in [1.82, 2.24) is 15.6 Å². The van der Waals surface area contributed by atoms with Crippen molar-refractivity contribution < 1.29 is 52.0 Å². The second kappa shape index (κ2) is 19.2. The van der Waals surface area contributed by atoms with E-state index in [-0.39, 0.29) is 29.9 Å². The Bertz CT molecular complexity index is 1480. The Kier molecular flexibility index (Phi) is 15.7. The summed E-state index contributed by atoms with van der Waals surface area (Å²) in [5, 5.41) is 25.3. The highest BCUT2D eigenvalue weighted by molar-refractivity contribution is 6.34. The van der Waals surface area contributed by atoms with Gasteiger partial charge in [-0.1, -0.05) is 59.6 Å². The molecular weight excluding hydrogens is 672 g/mol. The van der Waals surface area contributed by atoms with E-state index in [1.807, 2.05) is 49.4 Å². The lowest BCUT2D eigenvalue weighted by atomic mass is 10.0. The number of aliphatic carboxylic acids is 2. The number of ether oxygens (including phenoxy) is 2. The lowest BCUT2D eigenvalue weighted by Crippen LogP contribution is -2.50. The summed E-state index contributed by atoms with van der Waals surface area (Å²) in [5.74, 6) is -3.94. The third kappa shape index (κ3) is 15.5. The number of amides is 2. The first-order valence-corrected chi connectivity index (χ1v) is 14.4. The summed E-state index contributed by atoms with van der Waals surface area (Å²) >= 11 is 12.2. The molecule has 0 radical (unpaired) electrons. The van der Waals surface area contributed by atoms with Crippen molar-refractivity contribution in [2.45, 2.75) is 38.2 Å². The van der Waals surface area contributed by atoms with Gasteiger partial charge in [-0.25, -0.2) is 14.6 Å². The SMILES string of the molecule is Cc1cccc(NCCOC(=O)NC(COCc2ccccc2)C(=O)NC(CC(=O)O)c2cc(Cl)cc(Cl)c2)n1.O=C(O)C(F)(F)F. The highest BCUT2D eigenvalue weighted by atomic mass is 35.5. The summed E-state index contributed by atoms with van der Waals surface area (Å²) in [6.45, 7) is 2.15. The van der Waals surface area contributed by atoms with Gasteiger partial charge in [0.2, 0.25) is 5.91 Å². The summed E-state index contributed by atoms with van der Waals surface area (Å²) < 4.78 is 42.7. The number of hydrogen-bond acceptors (Lipinski definition) is 8. The number of rotatable bonds is 14. The number of anilines is 1. The van der Waals surface area contributed by atoms with Crippen LogP contribution in [0.5, 0.6) is 0 Å². The van der Waals surface area contributed by atoms with Crippen LogP contribution < -0.4 is 16.0 Å². The van der Waals surface area contributed by atoms with Crippen LogP contribution in [0, 0.1) is 6.92 Å². The van der Waals surface area contributed by atoms with Crippen LogP contribution >= 0.6 is 23.2 Å². The van der Waals surface area contributed by atoms with Crippen molar-refractivity contribution in [2.75, 3.05) is 25.1 Å². The Morgan fingerprint density at radius 2 is 1.57 bits per heavy atom. The van der Waals surface area contributed by atoms with Crippen molar-refractivity contribution in [3.8, 4) is 0 Å². The van der Waals surface area contributed by atoms with E-state index in [0.29, 0.717) is 17.9 Å². The maximum absolute atomic E-state index is 13.3. The van der Waals surface area contributed by atoms with Crippen LogP contribution in [0.2, 0.25) is 10.0 Å². The zero-order chi connectivity index (χ0) is 35.0. The van der Waals surface area contributed by atoms with Crippen molar-refractivity contribution in [3.05, 3.63) is 93.6 Å². The number of aryl methyl sites for hydroxylation is 1. The molecule has 2 atom stereocenters. The van der Waals surface area contributed by atoms with Gasteiger partial charge in [0, 0.05) is 15.7 Å². The first-order chi connectivity index (χ1) is 22.1. The van der Waals surface area contributed by atoms with E-state index < -0.39 is 48.6 Å². The molecule has 2 aromatic carbocycles. The molecular formula is C30H31Cl2F3N4O8. The van der Waals surface area contributed by atoms with Crippen LogP contribution in [0.15, 0.2) is 66.7 Å². The monoisotopic (exact) mass is 702 g/mol. The summed E-state index contributed by atoms with van der Waals surface area (Å²) in [6, 6.07) is 17.2. The van der Waals surface area contributed by atoms with Gasteiger partial charge in [0.05, 0.1) is 32.2 Å². The van der Waals surface area contributed by atoms with Crippen molar-refractivity contribution in [1.29, 1.82) is 0 Å². The predicted octanol–water partition coefficient (Wildman–Crippen LogP) is 5.39. The summed E-state index contributed by atoms with van der Waals surface area (Å²) in [6.07, 6.45) is -6.37. The zero-order valence-corrected chi connectivity index (χ0v) is 26.2. The molecule has 0 saturated carbocycles. The Morgan fingerprint density at radius 1 is 0.936 bits per heavy atom. The van der Waals surface area contributed by atoms with Gasteiger partial charge in [-0.05, 0) is 48.4 Å². The standard InChI is InChI=1S/C28H30Cl2N4O6.C2HF3O2/c1-18-6-5-9-25(32-18)31-10-11-40-28(38)34-24(17-39-16-19-7-3-2-4-8-19)27(37)33-23(15-26(35)36)20-12-21(29)14-22(30)13-20;3-2(4,5)1(6)7/h2-9,12-14,23-24H,10-11,15-17H2,1H3,(H,31,32)(H,33,37)(H,34,38)(H,35,36);(H,6,7). The van der Waals surface area contributed by atoms with E-state index in [1.54, 1.807) is 6.07 Å². The Balaban J connectivity index is 0.000000984. The summed E-state index contributed by atoms with van der Waals surface area (Å²) in [7, 11) is 0. The molecule has 0 bridgehead atoms. The van der Waals surface area contributed by atoms with Crippen LogP contribution in [0.4, 0.5) is 23.8 Å². The number of pyridine rings is 1. The average Bonchev–Trinajstić information content (AvgIpc) is 2.98. The molecule has 47 heavy (non-hydrogen) atoms. The Morgan fingerprint density at radius 3 is 2.15 bits per heavy atom. The molecule has 1 heterocycles. The van der Waals surface area contributed by atoms with Gasteiger partial charge in [-0.2, -0.15) is 13.2 Å². The molecule has 5 N–H and O–H groups in total. The van der Waals surface area contributed by atoms with Gasteiger partial charge >= 0.3 is 24.2 Å². The maximum Gasteiger partial charge on any atom is 0.490 e. The van der Waals surface area contributed by atoms with E-state index in [4.69, 9.17) is 42.6 Å². The molecule has 254 valence electrons. The van der Waals surface area contributed by atoms with Crippen LogP contribution in [0.3, 0.4) is 0 Å². The third-order valence-corrected chi connectivity index (χ3v) is 6.20. The average molecular weight is 703 g/mol. The third-order valence-electron chi connectivity index (χ3n) is 5.76. The van der Waals surface area contributed by atoms with E-state index in [1.165, 1.54) is 18.2 Å². The number of carbonyl (C=O) groups excluding carboxylic acids is 2. The number of halogens is 5. The second-order valence-corrected chi connectivity index (χ2v) is 10.5. The number of hydrogen-bond donors (Lipinski definition) is 5.